The maximum Gasteiger partial charge on any atom is 0.272 e. The van der Waals surface area contributed by atoms with Crippen molar-refractivity contribution < 1.29 is 4.79 Å². The SMILES string of the molecule is Cc1nncnc1C(=O)N[C@@H](C)c1cc2cccc(Cl)c2c(=O)n1-c1ccccc1. The second-order valence-electron chi connectivity index (χ2n) is 6.84. The molecule has 0 aliphatic carbocycles. The molecule has 1 amide bonds. The van der Waals surface area contributed by atoms with E-state index in [4.69, 9.17) is 11.6 Å². The zero-order valence-corrected chi connectivity index (χ0v) is 17.1. The number of aryl methyl sites for hydroxylation is 1. The highest BCUT2D eigenvalue weighted by atomic mass is 35.5. The molecule has 8 heteroatoms. The van der Waals surface area contributed by atoms with Gasteiger partial charge in [-0.2, -0.15) is 5.10 Å². The van der Waals surface area contributed by atoms with Gasteiger partial charge in [0.15, 0.2) is 5.69 Å². The summed E-state index contributed by atoms with van der Waals surface area (Å²) in [5.74, 6) is -0.395. The average molecular weight is 420 g/mol. The lowest BCUT2D eigenvalue weighted by molar-refractivity contribution is 0.0932. The molecule has 0 saturated heterocycles. The Kier molecular flexibility index (Phi) is 5.29. The molecule has 2 aromatic carbocycles. The molecule has 0 saturated carbocycles. The molecule has 2 aromatic heterocycles. The Labute approximate surface area is 177 Å². The maximum absolute atomic E-state index is 13.4. The molecule has 0 unspecified atom stereocenters. The number of hydrogen-bond donors (Lipinski definition) is 1. The average Bonchev–Trinajstić information content (AvgIpc) is 2.74. The smallest absolute Gasteiger partial charge is 0.272 e. The van der Waals surface area contributed by atoms with E-state index < -0.39 is 11.9 Å². The molecular formula is C22H18ClN5O2. The summed E-state index contributed by atoms with van der Waals surface area (Å²) in [5, 5.41) is 12.0. The number of pyridine rings is 1. The number of aromatic nitrogens is 4. The Morgan fingerprint density at radius 3 is 2.63 bits per heavy atom. The zero-order valence-electron chi connectivity index (χ0n) is 16.3. The van der Waals surface area contributed by atoms with E-state index in [0.29, 0.717) is 32.9 Å². The number of hydrogen-bond acceptors (Lipinski definition) is 5. The van der Waals surface area contributed by atoms with Crippen LogP contribution in [0.1, 0.15) is 34.8 Å². The van der Waals surface area contributed by atoms with Crippen LogP contribution in [-0.2, 0) is 0 Å². The van der Waals surface area contributed by atoms with Crippen LogP contribution in [0.4, 0.5) is 0 Å². The predicted octanol–water partition coefficient (Wildman–Crippen LogP) is 3.63. The van der Waals surface area contributed by atoms with Crippen molar-refractivity contribution in [1.29, 1.82) is 0 Å². The zero-order chi connectivity index (χ0) is 21.3. The Hall–Kier alpha value is -3.58. The number of para-hydroxylation sites is 1. The Morgan fingerprint density at radius 1 is 1.13 bits per heavy atom. The largest absolute Gasteiger partial charge is 0.343 e. The second-order valence-corrected chi connectivity index (χ2v) is 7.25. The minimum Gasteiger partial charge on any atom is -0.343 e. The highest BCUT2D eigenvalue weighted by molar-refractivity contribution is 6.35. The summed E-state index contributed by atoms with van der Waals surface area (Å²) < 4.78 is 1.57. The molecule has 1 N–H and O–H groups in total. The van der Waals surface area contributed by atoms with Gasteiger partial charge in [-0.25, -0.2) is 4.98 Å². The van der Waals surface area contributed by atoms with Gasteiger partial charge in [0.05, 0.1) is 22.1 Å². The maximum atomic E-state index is 13.4. The van der Waals surface area contributed by atoms with Gasteiger partial charge < -0.3 is 5.32 Å². The van der Waals surface area contributed by atoms with Crippen molar-refractivity contribution in [1.82, 2.24) is 25.1 Å². The summed E-state index contributed by atoms with van der Waals surface area (Å²) in [5.41, 5.74) is 1.66. The normalized spacial score (nSPS) is 12.0. The van der Waals surface area contributed by atoms with E-state index in [9.17, 15) is 9.59 Å². The van der Waals surface area contributed by atoms with Crippen LogP contribution in [0.25, 0.3) is 16.5 Å². The predicted molar refractivity (Wildman–Crippen MR) is 115 cm³/mol. The van der Waals surface area contributed by atoms with E-state index in [1.165, 1.54) is 6.33 Å². The van der Waals surface area contributed by atoms with Crippen LogP contribution in [0, 0.1) is 6.92 Å². The van der Waals surface area contributed by atoms with Gasteiger partial charge in [-0.05, 0) is 43.5 Å². The lowest BCUT2D eigenvalue weighted by Crippen LogP contribution is -2.33. The highest BCUT2D eigenvalue weighted by Gasteiger charge is 2.21. The van der Waals surface area contributed by atoms with Gasteiger partial charge in [0.2, 0.25) is 0 Å². The molecule has 1 atom stereocenters. The second kappa shape index (κ2) is 8.04. The van der Waals surface area contributed by atoms with E-state index in [1.807, 2.05) is 49.4 Å². The van der Waals surface area contributed by atoms with E-state index >= 15 is 0 Å². The number of benzene rings is 2. The lowest BCUT2D eigenvalue weighted by atomic mass is 10.1. The summed E-state index contributed by atoms with van der Waals surface area (Å²) >= 11 is 6.33. The van der Waals surface area contributed by atoms with Crippen LogP contribution in [0.15, 0.2) is 65.7 Å². The Bertz CT molecular complexity index is 1300. The third kappa shape index (κ3) is 3.55. The first-order valence-corrected chi connectivity index (χ1v) is 9.70. The number of fused-ring (bicyclic) bond motifs is 1. The van der Waals surface area contributed by atoms with Crippen LogP contribution in [0.3, 0.4) is 0 Å². The molecule has 2 heterocycles. The van der Waals surface area contributed by atoms with Gasteiger partial charge in [-0.3, -0.25) is 14.2 Å². The van der Waals surface area contributed by atoms with Crippen molar-refractivity contribution in [3.63, 3.8) is 0 Å². The van der Waals surface area contributed by atoms with Gasteiger partial charge in [0, 0.05) is 11.4 Å². The standard InChI is InChI=1S/C22H18ClN5O2/c1-13(26-21(29)20-14(2)27-25-12-24-20)18-11-15-7-6-10-17(23)19(15)22(30)28(18)16-8-4-3-5-9-16/h3-13H,1-2H3,(H,26,29)/t13-/m0/s1. The molecule has 7 nitrogen and oxygen atoms in total. The third-order valence-electron chi connectivity index (χ3n) is 4.83. The quantitative estimate of drug-likeness (QED) is 0.545. The van der Waals surface area contributed by atoms with E-state index in [2.05, 4.69) is 20.5 Å². The monoisotopic (exact) mass is 419 g/mol. The van der Waals surface area contributed by atoms with Gasteiger partial charge in [-0.15, -0.1) is 5.10 Å². The molecule has 4 aromatic rings. The molecule has 0 spiro atoms. The number of carbonyl (C=O) groups is 1. The molecule has 150 valence electrons. The fourth-order valence-electron chi connectivity index (χ4n) is 3.40. The summed E-state index contributed by atoms with van der Waals surface area (Å²) in [7, 11) is 0. The summed E-state index contributed by atoms with van der Waals surface area (Å²) in [6.45, 7) is 3.48. The van der Waals surface area contributed by atoms with Crippen LogP contribution in [0.2, 0.25) is 5.02 Å². The van der Waals surface area contributed by atoms with Crippen LogP contribution in [0.5, 0.6) is 0 Å². The first-order valence-electron chi connectivity index (χ1n) is 9.32. The molecule has 0 bridgehead atoms. The highest BCUT2D eigenvalue weighted by Crippen LogP contribution is 2.25. The van der Waals surface area contributed by atoms with Crippen LogP contribution < -0.4 is 10.9 Å². The number of rotatable bonds is 4. The lowest BCUT2D eigenvalue weighted by Gasteiger charge is -2.21. The summed E-state index contributed by atoms with van der Waals surface area (Å²) in [6, 6.07) is 15.9. The number of amides is 1. The fraction of sp³-hybridized carbons (Fsp3) is 0.136. The topological polar surface area (TPSA) is 89.8 Å². The number of nitrogens with one attached hydrogen (secondary N) is 1. The molecular weight excluding hydrogens is 402 g/mol. The van der Waals surface area contributed by atoms with Gasteiger partial charge in [0.25, 0.3) is 11.5 Å². The molecule has 0 aliphatic heterocycles. The number of carbonyl (C=O) groups excluding carboxylic acids is 1. The molecule has 4 rings (SSSR count). The van der Waals surface area contributed by atoms with Crippen LogP contribution in [-0.4, -0.2) is 25.7 Å². The van der Waals surface area contributed by atoms with Gasteiger partial charge in [0.1, 0.15) is 6.33 Å². The Balaban J connectivity index is 1.86. The minimum atomic E-state index is -0.497. The van der Waals surface area contributed by atoms with E-state index in [1.54, 1.807) is 23.6 Å². The molecule has 0 aliphatic rings. The Morgan fingerprint density at radius 2 is 1.90 bits per heavy atom. The third-order valence-corrected chi connectivity index (χ3v) is 5.15. The van der Waals surface area contributed by atoms with E-state index in [0.717, 1.165) is 0 Å². The number of halogens is 1. The van der Waals surface area contributed by atoms with Crippen molar-refractivity contribution in [2.24, 2.45) is 0 Å². The minimum absolute atomic E-state index is 0.189. The molecule has 0 fully saturated rings. The first kappa shape index (κ1) is 19.7. The summed E-state index contributed by atoms with van der Waals surface area (Å²) in [6.07, 6.45) is 1.23. The van der Waals surface area contributed by atoms with Gasteiger partial charge in [-0.1, -0.05) is 41.9 Å². The van der Waals surface area contributed by atoms with Gasteiger partial charge >= 0.3 is 0 Å². The first-order chi connectivity index (χ1) is 14.5. The molecule has 30 heavy (non-hydrogen) atoms. The van der Waals surface area contributed by atoms with Crippen molar-refractivity contribution in [3.05, 3.63) is 93.4 Å². The fourth-order valence-corrected chi connectivity index (χ4v) is 3.66. The van der Waals surface area contributed by atoms with Crippen molar-refractivity contribution in [2.45, 2.75) is 19.9 Å². The number of nitrogens with zero attached hydrogens (tertiary/aromatic N) is 4. The van der Waals surface area contributed by atoms with Crippen molar-refractivity contribution in [3.8, 4) is 5.69 Å². The van der Waals surface area contributed by atoms with Crippen LogP contribution >= 0.6 is 11.6 Å². The van der Waals surface area contributed by atoms with E-state index in [-0.39, 0.29) is 11.3 Å². The van der Waals surface area contributed by atoms with Crippen molar-refractivity contribution in [2.75, 3.05) is 0 Å². The summed E-state index contributed by atoms with van der Waals surface area (Å²) in [4.78, 5) is 30.2. The van der Waals surface area contributed by atoms with Crippen molar-refractivity contribution >= 4 is 28.3 Å². The molecule has 0 radical (unpaired) electrons.